The number of amides is 1. The number of nitrogens with zero attached hydrogens (tertiary/aromatic N) is 1. The van der Waals surface area contributed by atoms with E-state index in [9.17, 15) is 9.59 Å². The first-order valence-corrected chi connectivity index (χ1v) is 10.9. The van der Waals surface area contributed by atoms with Crippen LogP contribution in [0.25, 0.3) is 0 Å². The van der Waals surface area contributed by atoms with Crippen molar-refractivity contribution in [3.63, 3.8) is 0 Å². The van der Waals surface area contributed by atoms with Crippen molar-refractivity contribution in [1.29, 1.82) is 0 Å². The summed E-state index contributed by atoms with van der Waals surface area (Å²) in [7, 11) is 0. The van der Waals surface area contributed by atoms with Crippen LogP contribution in [0.1, 0.15) is 53.6 Å². The SMILES string of the molecule is O=C1CCCc2cc(C(=O)CCN3CCC(Cc4ccccc4)CC3)ccc2N1. The number of hydrogen-bond donors (Lipinski definition) is 1. The molecule has 0 radical (unpaired) electrons. The van der Waals surface area contributed by atoms with Gasteiger partial charge in [-0.2, -0.15) is 0 Å². The van der Waals surface area contributed by atoms with Gasteiger partial charge >= 0.3 is 0 Å². The normalized spacial score (nSPS) is 18.0. The van der Waals surface area contributed by atoms with Crippen molar-refractivity contribution in [3.05, 3.63) is 65.2 Å². The molecule has 1 fully saturated rings. The van der Waals surface area contributed by atoms with E-state index in [4.69, 9.17) is 0 Å². The Kier molecular flexibility index (Phi) is 6.40. The maximum absolute atomic E-state index is 12.7. The van der Waals surface area contributed by atoms with Gasteiger partial charge < -0.3 is 10.2 Å². The molecule has 2 aromatic rings. The van der Waals surface area contributed by atoms with Crippen LogP contribution >= 0.6 is 0 Å². The molecule has 1 amide bonds. The Balaban J connectivity index is 1.25. The van der Waals surface area contributed by atoms with Crippen LogP contribution in [0.5, 0.6) is 0 Å². The average Bonchev–Trinajstić information content (AvgIpc) is 2.93. The molecule has 29 heavy (non-hydrogen) atoms. The Morgan fingerprint density at radius 3 is 2.62 bits per heavy atom. The molecule has 4 nitrogen and oxygen atoms in total. The van der Waals surface area contributed by atoms with E-state index < -0.39 is 0 Å². The van der Waals surface area contributed by atoms with Crippen LogP contribution in [-0.2, 0) is 17.6 Å². The highest BCUT2D eigenvalue weighted by Gasteiger charge is 2.21. The number of Topliss-reactive ketones (excluding diaryl/α,β-unsaturated/α-hetero) is 1. The average molecular weight is 391 g/mol. The van der Waals surface area contributed by atoms with E-state index in [1.54, 1.807) is 0 Å². The second-order valence-corrected chi connectivity index (χ2v) is 8.42. The summed E-state index contributed by atoms with van der Waals surface area (Å²) in [5.41, 5.74) is 4.16. The lowest BCUT2D eigenvalue weighted by molar-refractivity contribution is -0.116. The minimum Gasteiger partial charge on any atom is -0.326 e. The molecule has 0 aromatic heterocycles. The molecular formula is C25H30N2O2. The third-order valence-corrected chi connectivity index (χ3v) is 6.28. The molecule has 0 atom stereocenters. The number of ketones is 1. The number of likely N-dealkylation sites (tertiary alicyclic amines) is 1. The van der Waals surface area contributed by atoms with Gasteiger partial charge in [-0.15, -0.1) is 0 Å². The molecule has 4 heteroatoms. The molecule has 2 aromatic carbocycles. The van der Waals surface area contributed by atoms with Crippen LogP contribution in [0.15, 0.2) is 48.5 Å². The van der Waals surface area contributed by atoms with Gasteiger partial charge in [0.25, 0.3) is 0 Å². The number of nitrogens with one attached hydrogen (secondary N) is 1. The molecular weight excluding hydrogens is 360 g/mol. The number of fused-ring (bicyclic) bond motifs is 1. The standard InChI is InChI=1S/C25H30N2O2/c28-24(22-9-10-23-21(18-22)7-4-8-25(29)26-23)13-16-27-14-11-20(12-15-27)17-19-5-2-1-3-6-19/h1-3,5-6,9-10,18,20H,4,7-8,11-17H2,(H,26,29). The van der Waals surface area contributed by atoms with Gasteiger partial charge in [-0.1, -0.05) is 30.3 Å². The lowest BCUT2D eigenvalue weighted by atomic mass is 9.90. The van der Waals surface area contributed by atoms with Gasteiger partial charge in [0.15, 0.2) is 5.78 Å². The van der Waals surface area contributed by atoms with E-state index in [2.05, 4.69) is 40.5 Å². The smallest absolute Gasteiger partial charge is 0.224 e. The molecule has 4 rings (SSSR count). The van der Waals surface area contributed by atoms with Crippen molar-refractivity contribution in [2.24, 2.45) is 5.92 Å². The number of carbonyl (C=O) groups is 2. The molecule has 152 valence electrons. The molecule has 2 aliphatic heterocycles. The summed E-state index contributed by atoms with van der Waals surface area (Å²) in [6.07, 6.45) is 6.40. The fraction of sp³-hybridized carbons (Fsp3) is 0.440. The summed E-state index contributed by atoms with van der Waals surface area (Å²) >= 11 is 0. The highest BCUT2D eigenvalue weighted by molar-refractivity contribution is 5.98. The lowest BCUT2D eigenvalue weighted by Gasteiger charge is -2.31. The minimum atomic E-state index is 0.0680. The zero-order chi connectivity index (χ0) is 20.1. The molecule has 2 aliphatic rings. The topological polar surface area (TPSA) is 49.4 Å². The van der Waals surface area contributed by atoms with Gasteiger partial charge in [-0.3, -0.25) is 9.59 Å². The summed E-state index contributed by atoms with van der Waals surface area (Å²) < 4.78 is 0. The van der Waals surface area contributed by atoms with Crippen molar-refractivity contribution >= 4 is 17.4 Å². The molecule has 0 aliphatic carbocycles. The van der Waals surface area contributed by atoms with Crippen molar-refractivity contribution < 1.29 is 9.59 Å². The zero-order valence-corrected chi connectivity index (χ0v) is 17.0. The summed E-state index contributed by atoms with van der Waals surface area (Å²) in [6, 6.07) is 16.5. The quantitative estimate of drug-likeness (QED) is 0.740. The van der Waals surface area contributed by atoms with Gasteiger partial charge in [0.2, 0.25) is 5.91 Å². The maximum atomic E-state index is 12.7. The van der Waals surface area contributed by atoms with Crippen LogP contribution in [0.3, 0.4) is 0 Å². The van der Waals surface area contributed by atoms with E-state index in [1.807, 2.05) is 18.2 Å². The van der Waals surface area contributed by atoms with Crippen LogP contribution in [-0.4, -0.2) is 36.2 Å². The number of anilines is 1. The second-order valence-electron chi connectivity index (χ2n) is 8.42. The van der Waals surface area contributed by atoms with Crippen LogP contribution in [0, 0.1) is 5.92 Å². The highest BCUT2D eigenvalue weighted by Crippen LogP contribution is 2.25. The number of rotatable bonds is 6. The van der Waals surface area contributed by atoms with Gasteiger partial charge in [-0.05, 0) is 80.4 Å². The third kappa shape index (κ3) is 5.33. The molecule has 0 unspecified atom stereocenters. The van der Waals surface area contributed by atoms with Crippen molar-refractivity contribution in [1.82, 2.24) is 4.90 Å². The van der Waals surface area contributed by atoms with Crippen molar-refractivity contribution in [3.8, 4) is 0 Å². The van der Waals surface area contributed by atoms with Gasteiger partial charge in [0, 0.05) is 30.6 Å². The largest absolute Gasteiger partial charge is 0.326 e. The number of aryl methyl sites for hydroxylation is 1. The Labute approximate surface area is 173 Å². The summed E-state index contributed by atoms with van der Waals surface area (Å²) in [4.78, 5) is 26.8. The molecule has 0 bridgehead atoms. The van der Waals surface area contributed by atoms with E-state index in [-0.39, 0.29) is 11.7 Å². The molecule has 1 saturated heterocycles. The summed E-state index contributed by atoms with van der Waals surface area (Å²) in [6.45, 7) is 3.01. The summed E-state index contributed by atoms with van der Waals surface area (Å²) in [5, 5.41) is 2.94. The minimum absolute atomic E-state index is 0.0680. The molecule has 0 spiro atoms. The van der Waals surface area contributed by atoms with E-state index in [0.29, 0.717) is 12.8 Å². The highest BCUT2D eigenvalue weighted by atomic mass is 16.1. The first-order chi connectivity index (χ1) is 14.2. The number of piperidine rings is 1. The fourth-order valence-electron chi connectivity index (χ4n) is 4.51. The number of carbonyl (C=O) groups excluding carboxylic acids is 2. The van der Waals surface area contributed by atoms with E-state index >= 15 is 0 Å². The Morgan fingerprint density at radius 1 is 1.03 bits per heavy atom. The predicted octanol–water partition coefficient (Wildman–Crippen LogP) is 4.49. The van der Waals surface area contributed by atoms with Gasteiger partial charge in [-0.25, -0.2) is 0 Å². The van der Waals surface area contributed by atoms with E-state index in [1.165, 1.54) is 24.8 Å². The maximum Gasteiger partial charge on any atom is 0.224 e. The Morgan fingerprint density at radius 2 is 1.83 bits per heavy atom. The number of hydrogen-bond acceptors (Lipinski definition) is 3. The van der Waals surface area contributed by atoms with Crippen molar-refractivity contribution in [2.45, 2.75) is 44.9 Å². The first-order valence-electron chi connectivity index (χ1n) is 10.9. The Hall–Kier alpha value is -2.46. The first kappa shape index (κ1) is 19.8. The summed E-state index contributed by atoms with van der Waals surface area (Å²) in [5.74, 6) is 1.03. The lowest BCUT2D eigenvalue weighted by Crippen LogP contribution is -2.35. The zero-order valence-electron chi connectivity index (χ0n) is 17.0. The second kappa shape index (κ2) is 9.36. The fourth-order valence-corrected chi connectivity index (χ4v) is 4.51. The van der Waals surface area contributed by atoms with Crippen molar-refractivity contribution in [2.75, 3.05) is 25.0 Å². The van der Waals surface area contributed by atoms with E-state index in [0.717, 1.165) is 55.2 Å². The molecule has 1 N–H and O–H groups in total. The van der Waals surface area contributed by atoms with Crippen LogP contribution in [0.4, 0.5) is 5.69 Å². The van der Waals surface area contributed by atoms with Crippen LogP contribution < -0.4 is 5.32 Å². The monoisotopic (exact) mass is 390 g/mol. The molecule has 0 saturated carbocycles. The predicted molar refractivity (Wildman–Crippen MR) is 116 cm³/mol. The van der Waals surface area contributed by atoms with Gasteiger partial charge in [0.1, 0.15) is 0 Å². The van der Waals surface area contributed by atoms with Gasteiger partial charge in [0.05, 0.1) is 0 Å². The number of benzene rings is 2. The molecule has 2 heterocycles. The Bertz CT molecular complexity index is 854. The third-order valence-electron chi connectivity index (χ3n) is 6.28. The van der Waals surface area contributed by atoms with Crippen LogP contribution in [0.2, 0.25) is 0 Å².